The molecule has 2 aromatic rings. The maximum absolute atomic E-state index is 12.5. The molecule has 1 aromatic heterocycles. The predicted octanol–water partition coefficient (Wildman–Crippen LogP) is 0.899. The number of β-amino-alcohol motifs (C(OH)–C–C–N with tert-alkyl or cyclic N) is 2. The molecule has 0 amide bonds. The monoisotopic (exact) mass is 562 g/mol. The zero-order valence-corrected chi connectivity index (χ0v) is 23.1. The van der Waals surface area contributed by atoms with E-state index in [1.807, 2.05) is 35.2 Å². The van der Waals surface area contributed by atoms with E-state index in [0.717, 1.165) is 16.3 Å². The van der Waals surface area contributed by atoms with Crippen LogP contribution in [0.1, 0.15) is 44.6 Å². The topological polar surface area (TPSA) is 147 Å². The largest absolute Gasteiger partial charge is 0.390 e. The fourth-order valence-corrected chi connectivity index (χ4v) is 9.70. The summed E-state index contributed by atoms with van der Waals surface area (Å²) in [5.74, 6) is -0.186. The highest BCUT2D eigenvalue weighted by atomic mass is 16.5. The smallest absolute Gasteiger partial charge is 0.121 e. The number of nitrogens with zero attached hydrogens (tertiary/aromatic N) is 2. The Kier molecular flexibility index (Phi) is 5.45. The molecule has 2 saturated carbocycles. The van der Waals surface area contributed by atoms with Crippen LogP contribution in [0.3, 0.4) is 0 Å². The zero-order chi connectivity index (χ0) is 28.5. The highest BCUT2D eigenvalue weighted by Crippen LogP contribution is 2.70. The van der Waals surface area contributed by atoms with Crippen LogP contribution in [-0.2, 0) is 10.3 Å². The van der Waals surface area contributed by atoms with E-state index in [2.05, 4.69) is 18.0 Å². The number of hydrogen-bond donors (Lipinski definition) is 6. The minimum Gasteiger partial charge on any atom is -0.390 e. The molecular weight excluding hydrogens is 524 g/mol. The minimum absolute atomic E-state index is 0.186. The van der Waals surface area contributed by atoms with Crippen molar-refractivity contribution < 1.29 is 35.4 Å². The average molecular weight is 563 g/mol. The first-order valence-corrected chi connectivity index (χ1v) is 14.9. The number of allylic oxidation sites excluding steroid dienone is 1. The van der Waals surface area contributed by atoms with Crippen molar-refractivity contribution in [1.82, 2.24) is 9.88 Å². The number of ether oxygens (including phenoxy) is 1. The lowest BCUT2D eigenvalue weighted by molar-refractivity contribution is -0.187. The van der Waals surface area contributed by atoms with Gasteiger partial charge in [-0.15, -0.1) is 0 Å². The molecule has 0 radical (unpaired) electrons. The third-order valence-electron chi connectivity index (χ3n) is 11.9. The van der Waals surface area contributed by atoms with Crippen molar-refractivity contribution in [3.8, 4) is 0 Å². The molecule has 6 aliphatic rings. The van der Waals surface area contributed by atoms with Gasteiger partial charge in [-0.25, -0.2) is 0 Å². The van der Waals surface area contributed by atoms with Gasteiger partial charge in [0.05, 0.1) is 35.6 Å². The van der Waals surface area contributed by atoms with Crippen molar-refractivity contribution in [2.24, 2.45) is 11.3 Å². The van der Waals surface area contributed by atoms with Gasteiger partial charge in [-0.2, -0.15) is 0 Å². The molecule has 2 bridgehead atoms. The van der Waals surface area contributed by atoms with Crippen LogP contribution in [0.15, 0.2) is 60.0 Å². The molecule has 2 spiro atoms. The second kappa shape index (κ2) is 8.45. The maximum atomic E-state index is 12.5. The predicted molar refractivity (Wildman–Crippen MR) is 148 cm³/mol. The lowest BCUT2D eigenvalue weighted by Gasteiger charge is -2.57. The molecule has 3 aliphatic carbocycles. The standard InChI is InChI=1S/C32H38N2O7/c1-29-6-4-19-11-21-27(38)28(39)22(34-15-23(35)24(36)16-34)13-30(21)7-8-31(19,41-30)25(29)12-26(37)32(29,40)20-3-2-17-5-9-33-14-18(17)10-20/h2-5,9-11,14,22-28,35-40H,6-8,12-13,15-16H2,1H3/t22-,23-,24-,25+,26+,27-,28+,29-,30+,31?,32+/m0/s1. The van der Waals surface area contributed by atoms with Gasteiger partial charge < -0.3 is 35.4 Å². The molecule has 41 heavy (non-hydrogen) atoms. The molecule has 1 aromatic carbocycles. The Balaban J connectivity index is 1.19. The van der Waals surface area contributed by atoms with Crippen LogP contribution in [0.2, 0.25) is 0 Å². The van der Waals surface area contributed by atoms with E-state index >= 15 is 0 Å². The van der Waals surface area contributed by atoms with Crippen LogP contribution in [0, 0.1) is 11.3 Å². The van der Waals surface area contributed by atoms with Gasteiger partial charge in [-0.05, 0) is 66.3 Å². The molecule has 4 fully saturated rings. The van der Waals surface area contributed by atoms with Crippen LogP contribution >= 0.6 is 0 Å². The first-order valence-electron chi connectivity index (χ1n) is 14.9. The number of rotatable bonds is 2. The van der Waals surface area contributed by atoms with E-state index in [0.29, 0.717) is 43.2 Å². The molecule has 9 heteroatoms. The van der Waals surface area contributed by atoms with E-state index in [9.17, 15) is 30.6 Å². The number of pyridine rings is 1. The minimum atomic E-state index is -1.51. The molecule has 3 aliphatic heterocycles. The lowest BCUT2D eigenvalue weighted by atomic mass is 9.56. The van der Waals surface area contributed by atoms with Gasteiger partial charge in [0, 0.05) is 48.2 Å². The summed E-state index contributed by atoms with van der Waals surface area (Å²) in [6.07, 6.45) is 5.26. The number of aliphatic hydroxyl groups is 6. The molecule has 2 saturated heterocycles. The molecule has 11 atom stereocenters. The van der Waals surface area contributed by atoms with E-state index in [4.69, 9.17) is 4.74 Å². The summed E-state index contributed by atoms with van der Waals surface area (Å²) in [4.78, 5) is 6.11. The zero-order valence-electron chi connectivity index (χ0n) is 23.1. The number of aromatic nitrogens is 1. The van der Waals surface area contributed by atoms with Crippen molar-refractivity contribution in [2.45, 2.75) is 92.4 Å². The van der Waals surface area contributed by atoms with Gasteiger partial charge >= 0.3 is 0 Å². The van der Waals surface area contributed by atoms with Crippen molar-refractivity contribution in [1.29, 1.82) is 0 Å². The second-order valence-corrected chi connectivity index (χ2v) is 13.7. The summed E-state index contributed by atoms with van der Waals surface area (Å²) < 4.78 is 7.18. The number of hydrogen-bond acceptors (Lipinski definition) is 9. The third-order valence-corrected chi connectivity index (χ3v) is 11.9. The van der Waals surface area contributed by atoms with Gasteiger partial charge in [0.2, 0.25) is 0 Å². The molecule has 9 nitrogen and oxygen atoms in total. The summed E-state index contributed by atoms with van der Waals surface area (Å²) in [5.41, 5.74) is -1.47. The van der Waals surface area contributed by atoms with E-state index in [-0.39, 0.29) is 19.0 Å². The number of likely N-dealkylation sites (tertiary alicyclic amines) is 1. The van der Waals surface area contributed by atoms with Crippen LogP contribution in [0.4, 0.5) is 0 Å². The SMILES string of the molecule is C[C@]12CC=C3C=C4[C@H](O)[C@H](O)[C@@H](N5C[C@H](O)[C@@H](O)C5)C[C@]45CCC3(O5)[C@@H]1C[C@@H](O)[C@]2(O)c1ccc2ccncc2c1. The van der Waals surface area contributed by atoms with Gasteiger partial charge in [-0.1, -0.05) is 31.2 Å². The molecule has 6 N–H and O–H groups in total. The second-order valence-electron chi connectivity index (χ2n) is 13.7. The molecule has 8 rings (SSSR count). The van der Waals surface area contributed by atoms with Gasteiger partial charge in [0.1, 0.15) is 11.7 Å². The summed E-state index contributed by atoms with van der Waals surface area (Å²) >= 11 is 0. The Labute approximate surface area is 238 Å². The Bertz CT molecular complexity index is 1490. The Hall–Kier alpha value is -2.21. The van der Waals surface area contributed by atoms with Crippen molar-refractivity contribution in [3.63, 3.8) is 0 Å². The molecule has 1 unspecified atom stereocenters. The molecule has 4 heterocycles. The average Bonchev–Trinajstić information content (AvgIpc) is 3.54. The summed E-state index contributed by atoms with van der Waals surface area (Å²) in [7, 11) is 0. The maximum Gasteiger partial charge on any atom is 0.121 e. The van der Waals surface area contributed by atoms with E-state index < -0.39 is 58.8 Å². The Morgan fingerprint density at radius 3 is 2.56 bits per heavy atom. The molecular formula is C32H38N2O7. The van der Waals surface area contributed by atoms with Crippen molar-refractivity contribution in [3.05, 3.63) is 65.5 Å². The number of aliphatic hydroxyl groups excluding tert-OH is 5. The molecule has 218 valence electrons. The van der Waals surface area contributed by atoms with Gasteiger partial charge in [0.25, 0.3) is 0 Å². The first kappa shape index (κ1) is 26.4. The normalized spacial score (nSPS) is 48.9. The fraction of sp³-hybridized carbons (Fsp3) is 0.594. The first-order chi connectivity index (χ1) is 19.5. The summed E-state index contributed by atoms with van der Waals surface area (Å²) in [6.45, 7) is 2.51. The van der Waals surface area contributed by atoms with Crippen LogP contribution < -0.4 is 0 Å². The van der Waals surface area contributed by atoms with Crippen molar-refractivity contribution >= 4 is 10.8 Å². The van der Waals surface area contributed by atoms with Gasteiger partial charge in [0.15, 0.2) is 0 Å². The summed E-state index contributed by atoms with van der Waals surface area (Å²) in [6, 6.07) is 7.26. The Morgan fingerprint density at radius 2 is 1.78 bits per heavy atom. The van der Waals surface area contributed by atoms with Crippen LogP contribution in [0.25, 0.3) is 10.8 Å². The van der Waals surface area contributed by atoms with E-state index in [1.54, 1.807) is 12.4 Å². The quantitative estimate of drug-likeness (QED) is 0.314. The number of benzene rings is 1. The van der Waals surface area contributed by atoms with Crippen LogP contribution in [0.5, 0.6) is 0 Å². The summed E-state index contributed by atoms with van der Waals surface area (Å²) in [5, 5.41) is 69.0. The Morgan fingerprint density at radius 1 is 1.00 bits per heavy atom. The van der Waals surface area contributed by atoms with Gasteiger partial charge in [-0.3, -0.25) is 9.88 Å². The van der Waals surface area contributed by atoms with Crippen LogP contribution in [-0.4, -0.2) is 101 Å². The van der Waals surface area contributed by atoms with E-state index in [1.165, 1.54) is 0 Å². The highest BCUT2D eigenvalue weighted by Gasteiger charge is 2.73. The number of fused-ring (bicyclic) bond motifs is 2. The highest BCUT2D eigenvalue weighted by molar-refractivity contribution is 5.82. The lowest BCUT2D eigenvalue weighted by Crippen LogP contribution is -2.63. The van der Waals surface area contributed by atoms with Crippen molar-refractivity contribution in [2.75, 3.05) is 13.1 Å². The third kappa shape index (κ3) is 3.21. The fourth-order valence-electron chi connectivity index (χ4n) is 9.70.